The highest BCUT2D eigenvalue weighted by Gasteiger charge is 2.13. The molecule has 0 unspecified atom stereocenters. The minimum absolute atomic E-state index is 0.510. The lowest BCUT2D eigenvalue weighted by molar-refractivity contribution is 0.374. The van der Waals surface area contributed by atoms with E-state index >= 15 is 0 Å². The van der Waals surface area contributed by atoms with Gasteiger partial charge in [0.1, 0.15) is 22.6 Å². The number of aromatic nitrogens is 4. The van der Waals surface area contributed by atoms with Gasteiger partial charge in [0.15, 0.2) is 0 Å². The SMILES string of the molecule is CCCCc1nccc(-c2noc(CCCCc3sc(N)c(C#N)c3C)n2)n1. The molecule has 3 aromatic heterocycles. The molecule has 0 saturated carbocycles. The zero-order chi connectivity index (χ0) is 19.9. The van der Waals surface area contributed by atoms with Crippen LogP contribution in [-0.2, 0) is 19.3 Å². The first-order valence-electron chi connectivity index (χ1n) is 9.55. The zero-order valence-corrected chi connectivity index (χ0v) is 17.1. The number of rotatable bonds is 9. The van der Waals surface area contributed by atoms with E-state index in [1.54, 1.807) is 12.3 Å². The standard InChI is InChI=1S/C20H24N6OS/c1-3-4-8-17-23-11-10-15(24-17)20-25-18(27-26-20)9-6-5-7-16-13(2)14(12-21)19(22)28-16/h10-11H,3-9,22H2,1-2H3. The first-order valence-corrected chi connectivity index (χ1v) is 10.4. The number of thiophene rings is 1. The van der Waals surface area contributed by atoms with Gasteiger partial charge in [-0.2, -0.15) is 10.2 Å². The fourth-order valence-corrected chi connectivity index (χ4v) is 4.03. The Morgan fingerprint density at radius 2 is 2.00 bits per heavy atom. The molecule has 28 heavy (non-hydrogen) atoms. The molecule has 8 heteroatoms. The number of nitriles is 1. The molecule has 0 spiro atoms. The molecule has 0 saturated heterocycles. The van der Waals surface area contributed by atoms with E-state index in [0.29, 0.717) is 34.4 Å². The van der Waals surface area contributed by atoms with Crippen LogP contribution in [0.2, 0.25) is 0 Å². The Morgan fingerprint density at radius 1 is 1.18 bits per heavy atom. The first-order chi connectivity index (χ1) is 13.6. The summed E-state index contributed by atoms with van der Waals surface area (Å²) in [6.07, 6.45) is 8.27. The Bertz CT molecular complexity index is 971. The van der Waals surface area contributed by atoms with Crippen molar-refractivity contribution < 1.29 is 4.52 Å². The van der Waals surface area contributed by atoms with E-state index in [1.807, 2.05) is 6.92 Å². The lowest BCUT2D eigenvalue weighted by Crippen LogP contribution is -1.97. The number of hydrogen-bond donors (Lipinski definition) is 1. The number of nitrogen functional groups attached to an aromatic ring is 1. The number of nitrogens with two attached hydrogens (primary N) is 1. The van der Waals surface area contributed by atoms with Crippen LogP contribution in [0.3, 0.4) is 0 Å². The lowest BCUT2D eigenvalue weighted by Gasteiger charge is -1.99. The Balaban J connectivity index is 1.53. The Kier molecular flexibility index (Phi) is 6.71. The van der Waals surface area contributed by atoms with E-state index in [4.69, 9.17) is 15.5 Å². The molecule has 2 N–H and O–H groups in total. The van der Waals surface area contributed by atoms with E-state index in [-0.39, 0.29) is 0 Å². The quantitative estimate of drug-likeness (QED) is 0.537. The van der Waals surface area contributed by atoms with Crippen molar-refractivity contribution in [2.45, 2.75) is 58.8 Å². The third-order valence-corrected chi connectivity index (χ3v) is 5.77. The largest absolute Gasteiger partial charge is 0.389 e. The van der Waals surface area contributed by atoms with Crippen LogP contribution in [0.25, 0.3) is 11.5 Å². The van der Waals surface area contributed by atoms with Gasteiger partial charge in [-0.3, -0.25) is 0 Å². The number of unbranched alkanes of at least 4 members (excludes halogenated alkanes) is 2. The number of aryl methyl sites for hydroxylation is 3. The maximum atomic E-state index is 9.13. The molecule has 0 aliphatic rings. The maximum Gasteiger partial charge on any atom is 0.227 e. The van der Waals surface area contributed by atoms with E-state index in [2.05, 4.69) is 33.1 Å². The summed E-state index contributed by atoms with van der Waals surface area (Å²) in [7, 11) is 0. The average Bonchev–Trinajstić information content (AvgIpc) is 3.28. The number of anilines is 1. The Morgan fingerprint density at radius 3 is 2.75 bits per heavy atom. The van der Waals surface area contributed by atoms with Crippen molar-refractivity contribution in [3.05, 3.63) is 40.0 Å². The third-order valence-electron chi connectivity index (χ3n) is 4.59. The highest BCUT2D eigenvalue weighted by molar-refractivity contribution is 7.16. The summed E-state index contributed by atoms with van der Waals surface area (Å²) in [6.45, 7) is 4.11. The fourth-order valence-electron chi connectivity index (χ4n) is 2.96. The summed E-state index contributed by atoms with van der Waals surface area (Å²) in [5.74, 6) is 1.94. The summed E-state index contributed by atoms with van der Waals surface area (Å²) in [5.41, 5.74) is 8.22. The highest BCUT2D eigenvalue weighted by Crippen LogP contribution is 2.31. The van der Waals surface area contributed by atoms with Crippen LogP contribution in [0.5, 0.6) is 0 Å². The second-order valence-electron chi connectivity index (χ2n) is 6.68. The van der Waals surface area contributed by atoms with E-state index in [0.717, 1.165) is 49.9 Å². The molecule has 0 amide bonds. The van der Waals surface area contributed by atoms with Crippen molar-refractivity contribution in [1.29, 1.82) is 5.26 Å². The molecule has 3 aromatic rings. The van der Waals surface area contributed by atoms with E-state index < -0.39 is 0 Å². The molecule has 146 valence electrons. The van der Waals surface area contributed by atoms with Crippen molar-refractivity contribution in [3.8, 4) is 17.6 Å². The van der Waals surface area contributed by atoms with Crippen molar-refractivity contribution >= 4 is 16.3 Å². The fraction of sp³-hybridized carbons (Fsp3) is 0.450. The molecule has 3 heterocycles. The highest BCUT2D eigenvalue weighted by atomic mass is 32.1. The van der Waals surface area contributed by atoms with Gasteiger partial charge in [0.05, 0.1) is 5.56 Å². The predicted octanol–water partition coefficient (Wildman–Crippen LogP) is 4.26. The molecule has 0 aliphatic heterocycles. The van der Waals surface area contributed by atoms with Crippen LogP contribution in [0.1, 0.15) is 60.3 Å². The summed E-state index contributed by atoms with van der Waals surface area (Å²) >= 11 is 1.51. The maximum absolute atomic E-state index is 9.13. The van der Waals surface area contributed by atoms with Gasteiger partial charge >= 0.3 is 0 Å². The van der Waals surface area contributed by atoms with Gasteiger partial charge in [-0.1, -0.05) is 18.5 Å². The summed E-state index contributed by atoms with van der Waals surface area (Å²) < 4.78 is 5.37. The number of hydrogen-bond acceptors (Lipinski definition) is 8. The van der Waals surface area contributed by atoms with E-state index in [9.17, 15) is 0 Å². The van der Waals surface area contributed by atoms with Gasteiger partial charge in [0, 0.05) is 23.9 Å². The molecule has 7 nitrogen and oxygen atoms in total. The monoisotopic (exact) mass is 396 g/mol. The van der Waals surface area contributed by atoms with Gasteiger partial charge in [-0.05, 0) is 44.2 Å². The number of nitrogens with zero attached hydrogens (tertiary/aromatic N) is 5. The zero-order valence-electron chi connectivity index (χ0n) is 16.2. The topological polar surface area (TPSA) is 115 Å². The van der Waals surface area contributed by atoms with Crippen molar-refractivity contribution in [2.75, 3.05) is 5.73 Å². The summed E-state index contributed by atoms with van der Waals surface area (Å²) in [4.78, 5) is 14.5. The van der Waals surface area contributed by atoms with Crippen LogP contribution in [0, 0.1) is 18.3 Å². The van der Waals surface area contributed by atoms with Gasteiger partial charge in [0.2, 0.25) is 11.7 Å². The van der Waals surface area contributed by atoms with Crippen LogP contribution in [-0.4, -0.2) is 20.1 Å². The van der Waals surface area contributed by atoms with Gasteiger partial charge < -0.3 is 10.3 Å². The van der Waals surface area contributed by atoms with Crippen LogP contribution >= 0.6 is 11.3 Å². The minimum Gasteiger partial charge on any atom is -0.389 e. The van der Waals surface area contributed by atoms with E-state index in [1.165, 1.54) is 16.2 Å². The van der Waals surface area contributed by atoms with Gasteiger partial charge in [0.25, 0.3) is 0 Å². The van der Waals surface area contributed by atoms with Crippen molar-refractivity contribution in [3.63, 3.8) is 0 Å². The van der Waals surface area contributed by atoms with Crippen molar-refractivity contribution in [2.24, 2.45) is 0 Å². The Labute approximate surface area is 168 Å². The second kappa shape index (κ2) is 9.42. The van der Waals surface area contributed by atoms with Crippen LogP contribution < -0.4 is 5.73 Å². The minimum atomic E-state index is 0.510. The van der Waals surface area contributed by atoms with Crippen LogP contribution in [0.15, 0.2) is 16.8 Å². The molecule has 0 fully saturated rings. The summed E-state index contributed by atoms with van der Waals surface area (Å²) in [6, 6.07) is 3.98. The third kappa shape index (κ3) is 4.73. The molecule has 0 bridgehead atoms. The molecule has 0 atom stereocenters. The second-order valence-corrected chi connectivity index (χ2v) is 7.82. The van der Waals surface area contributed by atoms with Crippen molar-refractivity contribution in [1.82, 2.24) is 20.1 Å². The molecule has 0 aromatic carbocycles. The van der Waals surface area contributed by atoms with Gasteiger partial charge in [-0.15, -0.1) is 11.3 Å². The van der Waals surface area contributed by atoms with Crippen LogP contribution in [0.4, 0.5) is 5.00 Å². The molecule has 3 rings (SSSR count). The normalized spacial score (nSPS) is 10.9. The smallest absolute Gasteiger partial charge is 0.227 e. The average molecular weight is 397 g/mol. The Hall–Kier alpha value is -2.79. The predicted molar refractivity (Wildman–Crippen MR) is 109 cm³/mol. The molecular formula is C20H24N6OS. The molecular weight excluding hydrogens is 372 g/mol. The summed E-state index contributed by atoms with van der Waals surface area (Å²) in [5, 5.41) is 13.8. The molecule has 0 aliphatic carbocycles. The lowest BCUT2D eigenvalue weighted by atomic mass is 10.1. The first kappa shape index (κ1) is 20.0. The molecule has 0 radical (unpaired) electrons. The van der Waals surface area contributed by atoms with Gasteiger partial charge in [-0.25, -0.2) is 9.97 Å².